The molecule has 2 heterocycles. The number of para-hydroxylation sites is 2. The van der Waals surface area contributed by atoms with Crippen molar-refractivity contribution in [3.63, 3.8) is 0 Å². The van der Waals surface area contributed by atoms with Crippen LogP contribution in [0.25, 0.3) is 21.8 Å². The molecule has 0 aliphatic carbocycles. The van der Waals surface area contributed by atoms with Crippen LogP contribution < -0.4 is 10.4 Å². The molecule has 0 radical (unpaired) electrons. The van der Waals surface area contributed by atoms with Crippen LogP contribution in [-0.2, 0) is 0 Å². The van der Waals surface area contributed by atoms with Crippen molar-refractivity contribution < 1.29 is 5.02 Å². The summed E-state index contributed by atoms with van der Waals surface area (Å²) in [5.74, 6) is 0. The lowest BCUT2D eigenvalue weighted by atomic mass is 9.69. The highest BCUT2D eigenvalue weighted by molar-refractivity contribution is 6.71. The van der Waals surface area contributed by atoms with Gasteiger partial charge in [-0.1, -0.05) is 54.6 Å². The third-order valence-corrected chi connectivity index (χ3v) is 4.60. The summed E-state index contributed by atoms with van der Waals surface area (Å²) in [6.45, 7) is 0. The molecule has 0 atom stereocenters. The third-order valence-electron chi connectivity index (χ3n) is 4.60. The van der Waals surface area contributed by atoms with Crippen LogP contribution >= 0.6 is 0 Å². The van der Waals surface area contributed by atoms with Crippen molar-refractivity contribution in [2.24, 2.45) is 5.10 Å². The number of hydrazone groups is 1. The number of fused-ring (bicyclic) bond motifs is 3. The Morgan fingerprint density at radius 3 is 2.60 bits per heavy atom. The maximum atomic E-state index is 10.8. The van der Waals surface area contributed by atoms with Crippen LogP contribution in [0.5, 0.6) is 0 Å². The summed E-state index contributed by atoms with van der Waals surface area (Å²) in [4.78, 5) is 6.45. The van der Waals surface area contributed by atoms with Crippen LogP contribution in [0.4, 0.5) is 5.69 Å². The minimum atomic E-state index is -0.833. The number of anilines is 1. The SMILES string of the molecule is OB1c2ccccc2C=NN1c1cccc2cc3ccccc3nc12. The lowest BCUT2D eigenvalue weighted by Crippen LogP contribution is -2.50. The molecular formula is C20H14BN3O. The van der Waals surface area contributed by atoms with Gasteiger partial charge >= 0.3 is 7.05 Å². The Hall–Kier alpha value is -3.18. The third kappa shape index (κ3) is 2.21. The van der Waals surface area contributed by atoms with Gasteiger partial charge in [-0.05, 0) is 29.2 Å². The maximum Gasteiger partial charge on any atom is 0.471 e. The van der Waals surface area contributed by atoms with Crippen LogP contribution in [0.3, 0.4) is 0 Å². The molecule has 25 heavy (non-hydrogen) atoms. The predicted molar refractivity (Wildman–Crippen MR) is 103 cm³/mol. The first kappa shape index (κ1) is 14.2. The first-order valence-corrected chi connectivity index (χ1v) is 8.20. The lowest BCUT2D eigenvalue weighted by Gasteiger charge is -2.27. The number of nitrogens with zero attached hydrogens (tertiary/aromatic N) is 3. The molecule has 0 saturated heterocycles. The molecule has 0 amide bonds. The Labute approximate surface area is 145 Å². The van der Waals surface area contributed by atoms with E-state index in [0.29, 0.717) is 0 Å². The largest absolute Gasteiger partial charge is 0.471 e. The highest BCUT2D eigenvalue weighted by atomic mass is 16.2. The molecule has 0 spiro atoms. The van der Waals surface area contributed by atoms with E-state index >= 15 is 0 Å². The second-order valence-electron chi connectivity index (χ2n) is 6.12. The van der Waals surface area contributed by atoms with Crippen molar-refractivity contribution in [2.45, 2.75) is 0 Å². The van der Waals surface area contributed by atoms with Gasteiger partial charge in [-0.3, -0.25) is 4.92 Å². The quantitative estimate of drug-likeness (QED) is 0.433. The summed E-state index contributed by atoms with van der Waals surface area (Å²) < 4.78 is 0. The van der Waals surface area contributed by atoms with Gasteiger partial charge in [-0.15, -0.1) is 0 Å². The van der Waals surface area contributed by atoms with Crippen LogP contribution in [-0.4, -0.2) is 23.3 Å². The van der Waals surface area contributed by atoms with Crippen LogP contribution in [0.2, 0.25) is 0 Å². The van der Waals surface area contributed by atoms with Crippen LogP contribution in [0.1, 0.15) is 5.56 Å². The fourth-order valence-electron chi connectivity index (χ4n) is 3.35. The summed E-state index contributed by atoms with van der Waals surface area (Å²) in [5, 5.41) is 17.4. The van der Waals surface area contributed by atoms with Gasteiger partial charge in [0.2, 0.25) is 0 Å². The molecule has 0 bridgehead atoms. The number of pyridine rings is 1. The minimum Gasteiger partial charge on any atom is -0.427 e. The Morgan fingerprint density at radius 1 is 0.840 bits per heavy atom. The van der Waals surface area contributed by atoms with Gasteiger partial charge < -0.3 is 5.02 Å². The summed E-state index contributed by atoms with van der Waals surface area (Å²) in [7, 11) is -0.833. The first-order valence-electron chi connectivity index (χ1n) is 8.20. The lowest BCUT2D eigenvalue weighted by molar-refractivity contribution is 0.578. The zero-order valence-electron chi connectivity index (χ0n) is 13.4. The molecule has 0 unspecified atom stereocenters. The van der Waals surface area contributed by atoms with Crippen molar-refractivity contribution in [3.05, 3.63) is 78.4 Å². The van der Waals surface area contributed by atoms with Gasteiger partial charge in [0.05, 0.1) is 22.9 Å². The molecule has 4 aromatic rings. The monoisotopic (exact) mass is 323 g/mol. The summed E-state index contributed by atoms with van der Waals surface area (Å²) in [5.41, 5.74) is 4.33. The highest BCUT2D eigenvalue weighted by Crippen LogP contribution is 2.29. The average molecular weight is 323 g/mol. The number of hydrogen-bond donors (Lipinski definition) is 1. The number of aromatic nitrogens is 1. The van der Waals surface area contributed by atoms with E-state index in [0.717, 1.165) is 38.5 Å². The van der Waals surface area contributed by atoms with E-state index in [1.807, 2.05) is 60.7 Å². The minimum absolute atomic E-state index is 0.793. The summed E-state index contributed by atoms with van der Waals surface area (Å²) in [6, 6.07) is 23.9. The van der Waals surface area contributed by atoms with Crippen molar-refractivity contribution in [3.8, 4) is 0 Å². The molecule has 3 aromatic carbocycles. The van der Waals surface area contributed by atoms with Crippen molar-refractivity contribution >= 4 is 46.2 Å². The summed E-state index contributed by atoms with van der Waals surface area (Å²) >= 11 is 0. The van der Waals surface area contributed by atoms with Gasteiger partial charge in [0.1, 0.15) is 0 Å². The molecular weight excluding hydrogens is 309 g/mol. The Balaban J connectivity index is 1.72. The Morgan fingerprint density at radius 2 is 1.64 bits per heavy atom. The van der Waals surface area contributed by atoms with E-state index in [9.17, 15) is 5.02 Å². The fraction of sp³-hybridized carbons (Fsp3) is 0. The predicted octanol–water partition coefficient (Wildman–Crippen LogP) is 2.93. The number of benzene rings is 3. The van der Waals surface area contributed by atoms with E-state index < -0.39 is 7.05 Å². The average Bonchev–Trinajstić information content (AvgIpc) is 2.67. The second-order valence-corrected chi connectivity index (χ2v) is 6.12. The molecule has 1 aliphatic heterocycles. The van der Waals surface area contributed by atoms with Crippen LogP contribution in [0.15, 0.2) is 77.9 Å². The van der Waals surface area contributed by atoms with Gasteiger partial charge in [0, 0.05) is 10.8 Å². The smallest absolute Gasteiger partial charge is 0.427 e. The van der Waals surface area contributed by atoms with Gasteiger partial charge in [-0.2, -0.15) is 5.10 Å². The number of rotatable bonds is 1. The van der Waals surface area contributed by atoms with Crippen LogP contribution in [0, 0.1) is 0 Å². The fourth-order valence-corrected chi connectivity index (χ4v) is 3.35. The molecule has 1 aromatic heterocycles. The van der Waals surface area contributed by atoms with Crippen molar-refractivity contribution in [1.82, 2.24) is 4.98 Å². The topological polar surface area (TPSA) is 48.7 Å². The van der Waals surface area contributed by atoms with E-state index in [1.54, 1.807) is 11.1 Å². The zero-order chi connectivity index (χ0) is 16.8. The van der Waals surface area contributed by atoms with Gasteiger partial charge in [0.15, 0.2) is 0 Å². The van der Waals surface area contributed by atoms with Crippen molar-refractivity contribution in [1.29, 1.82) is 0 Å². The molecule has 1 N–H and O–H groups in total. The molecule has 5 heteroatoms. The summed E-state index contributed by atoms with van der Waals surface area (Å²) in [6.07, 6.45) is 1.78. The van der Waals surface area contributed by atoms with E-state index in [-0.39, 0.29) is 0 Å². The zero-order valence-corrected chi connectivity index (χ0v) is 13.4. The molecule has 0 fully saturated rings. The van der Waals surface area contributed by atoms with Crippen molar-refractivity contribution in [2.75, 3.05) is 4.92 Å². The van der Waals surface area contributed by atoms with E-state index in [4.69, 9.17) is 4.98 Å². The molecule has 5 rings (SSSR count). The van der Waals surface area contributed by atoms with E-state index in [1.165, 1.54) is 0 Å². The molecule has 1 aliphatic rings. The Kier molecular flexibility index (Phi) is 3.08. The molecule has 4 nitrogen and oxygen atoms in total. The highest BCUT2D eigenvalue weighted by Gasteiger charge is 2.31. The first-order chi connectivity index (χ1) is 12.3. The normalized spacial score (nSPS) is 13.5. The van der Waals surface area contributed by atoms with Gasteiger partial charge in [0.25, 0.3) is 0 Å². The second kappa shape index (κ2) is 5.43. The Bertz CT molecular complexity index is 1140. The number of hydrogen-bond acceptors (Lipinski definition) is 4. The molecule has 118 valence electrons. The van der Waals surface area contributed by atoms with E-state index in [2.05, 4.69) is 17.2 Å². The molecule has 0 saturated carbocycles. The maximum absolute atomic E-state index is 10.8. The standard InChI is InChI=1S/C20H14BN3O/c25-21-17-9-3-1-7-16(17)13-22-24(21)19-11-5-8-15-12-14-6-2-4-10-18(14)23-20(15)19/h1-13,25H. The van der Waals surface area contributed by atoms with Gasteiger partial charge in [-0.25, -0.2) is 4.98 Å².